The third kappa shape index (κ3) is 3.34. The second kappa shape index (κ2) is 7.35. The summed E-state index contributed by atoms with van der Waals surface area (Å²) in [6.45, 7) is 3.83. The number of aromatic nitrogens is 1. The number of hydrogen-bond donors (Lipinski definition) is 0. The number of fused-ring (bicyclic) bond motifs is 1. The first-order chi connectivity index (χ1) is 12.6. The molecule has 1 aromatic carbocycles. The minimum Gasteiger partial charge on any atom is -0.343 e. The van der Waals surface area contributed by atoms with E-state index in [0.717, 1.165) is 49.2 Å². The van der Waals surface area contributed by atoms with E-state index in [0.29, 0.717) is 13.1 Å². The molecule has 4 rings (SSSR count). The maximum Gasteiger partial charge on any atom is 0.226 e. The molecule has 2 aliphatic heterocycles. The number of para-hydroxylation sites is 1. The maximum absolute atomic E-state index is 13.2. The SMILES string of the molecule is CC(=O)N1CCC(C(=O)N2CCCCC2c2nc3ccccc3s2)CC1. The lowest BCUT2D eigenvalue weighted by molar-refractivity contribution is -0.143. The first-order valence-corrected chi connectivity index (χ1v) is 10.4. The molecule has 6 heteroatoms. The van der Waals surface area contributed by atoms with Crippen LogP contribution in [0.5, 0.6) is 0 Å². The van der Waals surface area contributed by atoms with Gasteiger partial charge in [0.25, 0.3) is 0 Å². The van der Waals surface area contributed by atoms with Gasteiger partial charge >= 0.3 is 0 Å². The van der Waals surface area contributed by atoms with Crippen LogP contribution in [-0.4, -0.2) is 46.2 Å². The number of carbonyl (C=O) groups is 2. The van der Waals surface area contributed by atoms with Crippen molar-refractivity contribution in [3.63, 3.8) is 0 Å². The van der Waals surface area contributed by atoms with Gasteiger partial charge in [0.15, 0.2) is 0 Å². The molecule has 1 unspecified atom stereocenters. The fourth-order valence-corrected chi connectivity index (χ4v) is 5.28. The Labute approximate surface area is 158 Å². The third-order valence-corrected chi connectivity index (χ3v) is 6.81. The standard InChI is InChI=1S/C20H25N3O2S/c1-14(24)22-12-9-15(10-13-22)20(25)23-11-5-4-7-17(23)19-21-16-6-2-3-8-18(16)26-19/h2-3,6,8,15,17H,4-5,7,9-13H2,1H3. The number of piperidine rings is 2. The molecule has 3 heterocycles. The molecule has 0 saturated carbocycles. The molecule has 2 aromatic rings. The van der Waals surface area contributed by atoms with Gasteiger partial charge in [-0.05, 0) is 44.2 Å². The van der Waals surface area contributed by atoms with Crippen LogP contribution in [0.4, 0.5) is 0 Å². The van der Waals surface area contributed by atoms with Gasteiger partial charge in [-0.1, -0.05) is 12.1 Å². The van der Waals surface area contributed by atoms with Gasteiger partial charge in [-0.15, -0.1) is 11.3 Å². The van der Waals surface area contributed by atoms with Crippen LogP contribution < -0.4 is 0 Å². The van der Waals surface area contributed by atoms with Gasteiger partial charge in [0, 0.05) is 32.5 Å². The fraction of sp³-hybridized carbons (Fsp3) is 0.550. The molecule has 0 aliphatic carbocycles. The Morgan fingerprint density at radius 1 is 1.08 bits per heavy atom. The number of carbonyl (C=O) groups excluding carboxylic acids is 2. The monoisotopic (exact) mass is 371 g/mol. The highest BCUT2D eigenvalue weighted by Gasteiger charge is 2.35. The molecule has 0 bridgehead atoms. The summed E-state index contributed by atoms with van der Waals surface area (Å²) in [5.74, 6) is 0.416. The van der Waals surface area contributed by atoms with Crippen molar-refractivity contribution in [2.45, 2.75) is 45.1 Å². The Kier molecular flexibility index (Phi) is 4.94. The first-order valence-electron chi connectivity index (χ1n) is 9.55. The summed E-state index contributed by atoms with van der Waals surface area (Å²) in [4.78, 5) is 33.5. The second-order valence-electron chi connectivity index (χ2n) is 7.34. The molecule has 2 amide bonds. The normalized spacial score (nSPS) is 22.0. The van der Waals surface area contributed by atoms with Crippen LogP contribution in [0.1, 0.15) is 50.1 Å². The Morgan fingerprint density at radius 2 is 1.85 bits per heavy atom. The molecular weight excluding hydrogens is 346 g/mol. The lowest BCUT2D eigenvalue weighted by Gasteiger charge is -2.39. The van der Waals surface area contributed by atoms with E-state index in [1.54, 1.807) is 18.3 Å². The maximum atomic E-state index is 13.2. The van der Waals surface area contributed by atoms with Gasteiger partial charge in [-0.3, -0.25) is 9.59 Å². The second-order valence-corrected chi connectivity index (χ2v) is 8.41. The highest BCUT2D eigenvalue weighted by Crippen LogP contribution is 2.37. The zero-order valence-corrected chi connectivity index (χ0v) is 16.0. The zero-order chi connectivity index (χ0) is 18.1. The first kappa shape index (κ1) is 17.5. The van der Waals surface area contributed by atoms with Crippen LogP contribution >= 0.6 is 11.3 Å². The number of amides is 2. The molecule has 0 N–H and O–H groups in total. The van der Waals surface area contributed by atoms with Crippen LogP contribution in [-0.2, 0) is 9.59 Å². The third-order valence-electron chi connectivity index (χ3n) is 5.67. The van der Waals surface area contributed by atoms with E-state index in [1.165, 1.54) is 4.70 Å². The van der Waals surface area contributed by atoms with Crippen molar-refractivity contribution in [2.24, 2.45) is 5.92 Å². The largest absolute Gasteiger partial charge is 0.343 e. The predicted molar refractivity (Wildman–Crippen MR) is 103 cm³/mol. The quantitative estimate of drug-likeness (QED) is 0.810. The molecule has 5 nitrogen and oxygen atoms in total. The summed E-state index contributed by atoms with van der Waals surface area (Å²) in [6, 6.07) is 8.31. The lowest BCUT2D eigenvalue weighted by atomic mass is 9.92. The predicted octanol–water partition coefficient (Wildman–Crippen LogP) is 3.61. The summed E-state index contributed by atoms with van der Waals surface area (Å²) >= 11 is 1.72. The van der Waals surface area contributed by atoms with Gasteiger partial charge < -0.3 is 9.80 Å². The number of likely N-dealkylation sites (tertiary alicyclic amines) is 2. The Balaban J connectivity index is 1.52. The zero-order valence-electron chi connectivity index (χ0n) is 15.2. The van der Waals surface area contributed by atoms with E-state index in [4.69, 9.17) is 4.98 Å². The van der Waals surface area contributed by atoms with Crippen LogP contribution in [0, 0.1) is 5.92 Å². The van der Waals surface area contributed by atoms with Crippen molar-refractivity contribution >= 4 is 33.4 Å². The van der Waals surface area contributed by atoms with Crippen molar-refractivity contribution in [3.05, 3.63) is 29.3 Å². The summed E-state index contributed by atoms with van der Waals surface area (Å²) in [6.07, 6.45) is 4.77. The van der Waals surface area contributed by atoms with Gasteiger partial charge in [0.1, 0.15) is 5.01 Å². The lowest BCUT2D eigenvalue weighted by Crippen LogP contribution is -2.46. The molecule has 1 aromatic heterocycles. The fourth-order valence-electron chi connectivity index (χ4n) is 4.16. The number of nitrogens with zero attached hydrogens (tertiary/aromatic N) is 3. The summed E-state index contributed by atoms with van der Waals surface area (Å²) in [5, 5.41) is 1.07. The number of hydrogen-bond acceptors (Lipinski definition) is 4. The average molecular weight is 372 g/mol. The van der Waals surface area contributed by atoms with Crippen molar-refractivity contribution in [2.75, 3.05) is 19.6 Å². The summed E-state index contributed by atoms with van der Waals surface area (Å²) < 4.78 is 1.19. The van der Waals surface area contributed by atoms with Crippen molar-refractivity contribution < 1.29 is 9.59 Å². The van der Waals surface area contributed by atoms with Crippen molar-refractivity contribution in [3.8, 4) is 0 Å². The molecule has 2 aliphatic rings. The number of benzene rings is 1. The molecule has 2 saturated heterocycles. The van der Waals surface area contributed by atoms with Crippen LogP contribution in [0.25, 0.3) is 10.2 Å². The van der Waals surface area contributed by atoms with E-state index < -0.39 is 0 Å². The van der Waals surface area contributed by atoms with E-state index in [9.17, 15) is 9.59 Å². The minimum atomic E-state index is 0.0422. The number of thiazole rings is 1. The summed E-state index contributed by atoms with van der Waals surface area (Å²) in [5.41, 5.74) is 1.03. The average Bonchev–Trinajstić information content (AvgIpc) is 3.11. The Bertz CT molecular complexity index is 777. The molecule has 2 fully saturated rings. The van der Waals surface area contributed by atoms with Gasteiger partial charge in [-0.2, -0.15) is 0 Å². The molecule has 0 spiro atoms. The van der Waals surface area contributed by atoms with Crippen molar-refractivity contribution in [1.29, 1.82) is 0 Å². The van der Waals surface area contributed by atoms with Crippen molar-refractivity contribution in [1.82, 2.24) is 14.8 Å². The molecular formula is C20H25N3O2S. The molecule has 26 heavy (non-hydrogen) atoms. The molecule has 1 atom stereocenters. The van der Waals surface area contributed by atoms with Gasteiger partial charge in [0.05, 0.1) is 16.3 Å². The molecule has 138 valence electrons. The Morgan fingerprint density at radius 3 is 2.58 bits per heavy atom. The van der Waals surface area contributed by atoms with Crippen LogP contribution in [0.15, 0.2) is 24.3 Å². The topological polar surface area (TPSA) is 53.5 Å². The molecule has 0 radical (unpaired) electrons. The smallest absolute Gasteiger partial charge is 0.226 e. The minimum absolute atomic E-state index is 0.0422. The van der Waals surface area contributed by atoms with E-state index in [2.05, 4.69) is 11.0 Å². The highest BCUT2D eigenvalue weighted by molar-refractivity contribution is 7.18. The van der Waals surface area contributed by atoms with Gasteiger partial charge in [-0.25, -0.2) is 4.98 Å². The van der Waals surface area contributed by atoms with Gasteiger partial charge in [0.2, 0.25) is 11.8 Å². The van der Waals surface area contributed by atoms with E-state index in [1.807, 2.05) is 23.1 Å². The Hall–Kier alpha value is -1.95. The van der Waals surface area contributed by atoms with Crippen LogP contribution in [0.2, 0.25) is 0 Å². The van der Waals surface area contributed by atoms with Crippen LogP contribution in [0.3, 0.4) is 0 Å². The number of rotatable bonds is 2. The highest BCUT2D eigenvalue weighted by atomic mass is 32.1. The van der Waals surface area contributed by atoms with E-state index >= 15 is 0 Å². The summed E-state index contributed by atoms with van der Waals surface area (Å²) in [7, 11) is 0. The van der Waals surface area contributed by atoms with E-state index in [-0.39, 0.29) is 23.8 Å².